The fourth-order valence-electron chi connectivity index (χ4n) is 2.72. The van der Waals surface area contributed by atoms with Crippen LogP contribution < -0.4 is 10.6 Å². The molecule has 1 aliphatic rings. The first kappa shape index (κ1) is 17.1. The summed E-state index contributed by atoms with van der Waals surface area (Å²) in [5, 5.41) is 7.51. The highest BCUT2D eigenvalue weighted by Gasteiger charge is 2.20. The van der Waals surface area contributed by atoms with Gasteiger partial charge in [-0.2, -0.15) is 0 Å². The van der Waals surface area contributed by atoms with Gasteiger partial charge in [-0.1, -0.05) is 23.7 Å². The van der Waals surface area contributed by atoms with E-state index in [-0.39, 0.29) is 0 Å². The first-order chi connectivity index (χ1) is 10.7. The van der Waals surface area contributed by atoms with E-state index < -0.39 is 0 Å². The molecule has 1 aromatic rings. The normalized spacial score (nSPS) is 19.4. The number of hydrogen-bond donors (Lipinski definition) is 2. The molecule has 1 aromatic carbocycles. The predicted octanol–water partition coefficient (Wildman–Crippen LogP) is 2.53. The van der Waals surface area contributed by atoms with Crippen LogP contribution in [-0.4, -0.2) is 50.1 Å². The quantitative estimate of drug-likeness (QED) is 0.624. The zero-order valence-electron chi connectivity index (χ0n) is 13.6. The van der Waals surface area contributed by atoms with E-state index in [1.807, 2.05) is 12.1 Å². The molecule has 0 saturated carbocycles. The minimum Gasteiger partial charge on any atom is -0.357 e. The molecule has 1 atom stereocenters. The third-order valence-corrected chi connectivity index (χ3v) is 4.35. The Morgan fingerprint density at radius 2 is 2.09 bits per heavy atom. The topological polar surface area (TPSA) is 39.7 Å². The molecule has 22 heavy (non-hydrogen) atoms. The van der Waals surface area contributed by atoms with Crippen molar-refractivity contribution in [2.24, 2.45) is 4.99 Å². The average Bonchev–Trinajstić information content (AvgIpc) is 2.92. The molecule has 0 spiro atoms. The van der Waals surface area contributed by atoms with E-state index in [1.165, 1.54) is 24.9 Å². The molecule has 122 valence electrons. The summed E-state index contributed by atoms with van der Waals surface area (Å²) in [6.45, 7) is 5.91. The van der Waals surface area contributed by atoms with Crippen molar-refractivity contribution in [1.29, 1.82) is 0 Å². The molecule has 0 amide bonds. The van der Waals surface area contributed by atoms with Crippen molar-refractivity contribution in [2.75, 3.05) is 33.2 Å². The van der Waals surface area contributed by atoms with Gasteiger partial charge in [-0.25, -0.2) is 0 Å². The second kappa shape index (κ2) is 9.01. The Bertz CT molecular complexity index is 472. The summed E-state index contributed by atoms with van der Waals surface area (Å²) in [6, 6.07) is 8.60. The SMILES string of the molecule is CCNC(=NCC1CCCN1C)NCCc1ccc(Cl)cc1. The Hall–Kier alpha value is -1.26. The Morgan fingerprint density at radius 1 is 1.32 bits per heavy atom. The minimum atomic E-state index is 0.590. The predicted molar refractivity (Wildman–Crippen MR) is 94.8 cm³/mol. The molecule has 0 radical (unpaired) electrons. The molecule has 1 heterocycles. The maximum atomic E-state index is 5.90. The van der Waals surface area contributed by atoms with E-state index in [1.54, 1.807) is 0 Å². The number of nitrogens with zero attached hydrogens (tertiary/aromatic N) is 2. The van der Waals surface area contributed by atoms with Gasteiger partial charge in [0.2, 0.25) is 0 Å². The van der Waals surface area contributed by atoms with Crippen molar-refractivity contribution in [3.8, 4) is 0 Å². The zero-order valence-corrected chi connectivity index (χ0v) is 14.4. The molecule has 4 nitrogen and oxygen atoms in total. The highest BCUT2D eigenvalue weighted by Crippen LogP contribution is 2.14. The molecule has 0 aliphatic carbocycles. The maximum absolute atomic E-state index is 5.90. The van der Waals surface area contributed by atoms with Gasteiger partial charge >= 0.3 is 0 Å². The summed E-state index contributed by atoms with van der Waals surface area (Å²) < 4.78 is 0. The summed E-state index contributed by atoms with van der Waals surface area (Å²) in [4.78, 5) is 7.13. The van der Waals surface area contributed by atoms with Gasteiger partial charge in [-0.05, 0) is 57.5 Å². The molecule has 2 N–H and O–H groups in total. The van der Waals surface area contributed by atoms with Gasteiger partial charge in [0.15, 0.2) is 5.96 Å². The van der Waals surface area contributed by atoms with Crippen molar-refractivity contribution in [3.63, 3.8) is 0 Å². The molecular formula is C17H27ClN4. The fraction of sp³-hybridized carbons (Fsp3) is 0.588. The first-order valence-electron chi connectivity index (χ1n) is 8.16. The molecular weight excluding hydrogens is 296 g/mol. The molecule has 0 aromatic heterocycles. The first-order valence-corrected chi connectivity index (χ1v) is 8.53. The monoisotopic (exact) mass is 322 g/mol. The lowest BCUT2D eigenvalue weighted by atomic mass is 10.1. The Labute approximate surface area is 138 Å². The summed E-state index contributed by atoms with van der Waals surface area (Å²) in [5.74, 6) is 0.914. The Balaban J connectivity index is 1.79. The number of benzene rings is 1. The van der Waals surface area contributed by atoms with Crippen molar-refractivity contribution < 1.29 is 0 Å². The summed E-state index contributed by atoms with van der Waals surface area (Å²) in [6.07, 6.45) is 3.51. The molecule has 5 heteroatoms. The highest BCUT2D eigenvalue weighted by atomic mass is 35.5. The minimum absolute atomic E-state index is 0.590. The van der Waals surface area contributed by atoms with Gasteiger partial charge in [0.1, 0.15) is 0 Å². The van der Waals surface area contributed by atoms with Crippen LogP contribution in [0, 0.1) is 0 Å². The van der Waals surface area contributed by atoms with Crippen LogP contribution in [0.4, 0.5) is 0 Å². The fourth-order valence-corrected chi connectivity index (χ4v) is 2.85. The lowest BCUT2D eigenvalue weighted by Gasteiger charge is -2.18. The molecule has 1 saturated heterocycles. The number of hydrogen-bond acceptors (Lipinski definition) is 2. The Kier molecular flexibility index (Phi) is 7.00. The van der Waals surface area contributed by atoms with E-state index >= 15 is 0 Å². The molecule has 2 rings (SSSR count). The number of aliphatic imine (C=N–C) groups is 1. The number of halogens is 1. The van der Waals surface area contributed by atoms with Gasteiger partial charge in [-0.3, -0.25) is 4.99 Å². The van der Waals surface area contributed by atoms with Gasteiger partial charge < -0.3 is 15.5 Å². The Morgan fingerprint density at radius 3 is 2.73 bits per heavy atom. The van der Waals surface area contributed by atoms with Gasteiger partial charge in [0.05, 0.1) is 6.54 Å². The van der Waals surface area contributed by atoms with E-state index in [2.05, 4.69) is 41.6 Å². The van der Waals surface area contributed by atoms with Crippen LogP contribution in [0.3, 0.4) is 0 Å². The van der Waals surface area contributed by atoms with Crippen molar-refractivity contribution in [2.45, 2.75) is 32.2 Å². The summed E-state index contributed by atoms with van der Waals surface area (Å²) in [5.41, 5.74) is 1.28. The van der Waals surface area contributed by atoms with Crippen LogP contribution in [0.2, 0.25) is 5.02 Å². The largest absolute Gasteiger partial charge is 0.357 e. The second-order valence-electron chi connectivity index (χ2n) is 5.80. The number of rotatable bonds is 6. The summed E-state index contributed by atoms with van der Waals surface area (Å²) >= 11 is 5.90. The molecule has 0 bridgehead atoms. The van der Waals surface area contributed by atoms with Gasteiger partial charge in [-0.15, -0.1) is 0 Å². The molecule has 1 aliphatic heterocycles. The number of nitrogens with one attached hydrogen (secondary N) is 2. The van der Waals surface area contributed by atoms with Crippen LogP contribution in [0.15, 0.2) is 29.3 Å². The van der Waals surface area contributed by atoms with Crippen molar-refractivity contribution in [1.82, 2.24) is 15.5 Å². The average molecular weight is 323 g/mol. The van der Waals surface area contributed by atoms with Crippen LogP contribution in [0.25, 0.3) is 0 Å². The molecule has 1 fully saturated rings. The molecule has 1 unspecified atom stereocenters. The zero-order chi connectivity index (χ0) is 15.8. The second-order valence-corrected chi connectivity index (χ2v) is 6.24. The van der Waals surface area contributed by atoms with Gasteiger partial charge in [0, 0.05) is 24.2 Å². The summed E-state index contributed by atoms with van der Waals surface area (Å²) in [7, 11) is 2.19. The number of likely N-dealkylation sites (N-methyl/N-ethyl adjacent to an activating group) is 1. The third-order valence-electron chi connectivity index (χ3n) is 4.10. The van der Waals surface area contributed by atoms with E-state index in [0.717, 1.165) is 37.0 Å². The van der Waals surface area contributed by atoms with E-state index in [9.17, 15) is 0 Å². The van der Waals surface area contributed by atoms with Crippen LogP contribution in [0.5, 0.6) is 0 Å². The van der Waals surface area contributed by atoms with Crippen LogP contribution >= 0.6 is 11.6 Å². The number of likely N-dealkylation sites (tertiary alicyclic amines) is 1. The van der Waals surface area contributed by atoms with Gasteiger partial charge in [0.25, 0.3) is 0 Å². The smallest absolute Gasteiger partial charge is 0.191 e. The highest BCUT2D eigenvalue weighted by molar-refractivity contribution is 6.30. The van der Waals surface area contributed by atoms with E-state index in [0.29, 0.717) is 6.04 Å². The lowest BCUT2D eigenvalue weighted by molar-refractivity contribution is 0.317. The third kappa shape index (κ3) is 5.50. The van der Waals surface area contributed by atoms with Crippen molar-refractivity contribution >= 4 is 17.6 Å². The van der Waals surface area contributed by atoms with E-state index in [4.69, 9.17) is 16.6 Å². The maximum Gasteiger partial charge on any atom is 0.191 e. The van der Waals surface area contributed by atoms with Crippen LogP contribution in [0.1, 0.15) is 25.3 Å². The van der Waals surface area contributed by atoms with Crippen molar-refractivity contribution in [3.05, 3.63) is 34.9 Å². The lowest BCUT2D eigenvalue weighted by Crippen LogP contribution is -2.39. The number of guanidine groups is 1. The van der Waals surface area contributed by atoms with Crippen LogP contribution in [-0.2, 0) is 6.42 Å². The standard InChI is InChI=1S/C17H27ClN4/c1-3-19-17(21-13-16-5-4-12-22(16)2)20-11-10-14-6-8-15(18)9-7-14/h6-9,16H,3-5,10-13H2,1-2H3,(H2,19,20,21).